The molecule has 0 heterocycles. The van der Waals surface area contributed by atoms with Crippen LogP contribution in [0.15, 0.2) is 37.1 Å². The third-order valence-corrected chi connectivity index (χ3v) is 1.27. The molecule has 1 rings (SSSR count). The highest BCUT2D eigenvalue weighted by Crippen LogP contribution is 2.19. The number of rotatable bonds is 4. The average molecular weight is 186 g/mol. The van der Waals surface area contributed by atoms with E-state index >= 15 is 0 Å². The third-order valence-electron chi connectivity index (χ3n) is 1.27. The Bertz CT molecular complexity index is 269. The number of hydrogen-bond acceptors (Lipinski definition) is 2. The fourth-order valence-corrected chi connectivity index (χ4v) is 0.796. The van der Waals surface area contributed by atoms with E-state index < -0.39 is 6.61 Å². The molecule has 0 saturated carbocycles. The van der Waals surface area contributed by atoms with Crippen LogP contribution in [0.5, 0.6) is 11.5 Å². The number of halogens is 2. The summed E-state index contributed by atoms with van der Waals surface area (Å²) in [7, 11) is 0. The van der Waals surface area contributed by atoms with Gasteiger partial charge in [-0.3, -0.25) is 0 Å². The Morgan fingerprint density at radius 1 is 1.15 bits per heavy atom. The van der Waals surface area contributed by atoms with E-state index in [9.17, 15) is 8.78 Å². The molecule has 13 heavy (non-hydrogen) atoms. The molecule has 0 amide bonds. The zero-order valence-electron chi connectivity index (χ0n) is 6.74. The van der Waals surface area contributed by atoms with Crippen molar-refractivity contribution in [1.29, 1.82) is 0 Å². The summed E-state index contributed by atoms with van der Waals surface area (Å²) >= 11 is 0. The van der Waals surface area contributed by atoms with Gasteiger partial charge >= 0.3 is 6.61 Å². The standard InChI is InChI=1S/C9H8F2O2/c1-2-12-7-3-5-8(6-4-7)13-9(10)11/h2-6,9H,1H2. The summed E-state index contributed by atoms with van der Waals surface area (Å²) in [6.45, 7) is 0.553. The fraction of sp³-hybridized carbons (Fsp3) is 0.111. The van der Waals surface area contributed by atoms with E-state index in [-0.39, 0.29) is 5.75 Å². The second-order valence-corrected chi connectivity index (χ2v) is 2.13. The Balaban J connectivity index is 2.63. The first-order valence-electron chi connectivity index (χ1n) is 3.55. The van der Waals surface area contributed by atoms with Gasteiger partial charge in [0.2, 0.25) is 0 Å². The average Bonchev–Trinajstić information content (AvgIpc) is 2.08. The van der Waals surface area contributed by atoms with Gasteiger partial charge in [0.25, 0.3) is 0 Å². The van der Waals surface area contributed by atoms with Gasteiger partial charge in [-0.05, 0) is 24.3 Å². The minimum absolute atomic E-state index is 0.103. The Hall–Kier alpha value is -1.58. The van der Waals surface area contributed by atoms with E-state index in [4.69, 9.17) is 4.74 Å². The van der Waals surface area contributed by atoms with Crippen LogP contribution >= 0.6 is 0 Å². The molecule has 1 aromatic rings. The Morgan fingerprint density at radius 3 is 2.15 bits per heavy atom. The van der Waals surface area contributed by atoms with Crippen LogP contribution in [0.2, 0.25) is 0 Å². The molecule has 0 atom stereocenters. The minimum Gasteiger partial charge on any atom is -0.466 e. The predicted molar refractivity (Wildman–Crippen MR) is 43.9 cm³/mol. The zero-order valence-corrected chi connectivity index (χ0v) is 6.74. The summed E-state index contributed by atoms with van der Waals surface area (Å²) in [6, 6.07) is 5.81. The molecule has 0 aliphatic rings. The maximum absolute atomic E-state index is 11.7. The van der Waals surface area contributed by atoms with E-state index in [0.717, 1.165) is 0 Å². The SMILES string of the molecule is C=COc1ccc(OC(F)F)cc1. The topological polar surface area (TPSA) is 18.5 Å². The summed E-state index contributed by atoms with van der Waals surface area (Å²) in [4.78, 5) is 0. The highest BCUT2D eigenvalue weighted by atomic mass is 19.3. The number of alkyl halides is 2. The molecule has 4 heteroatoms. The minimum atomic E-state index is -2.80. The molecule has 0 aliphatic heterocycles. The summed E-state index contributed by atoms with van der Waals surface area (Å²) in [5.74, 6) is 0.628. The Kier molecular flexibility index (Phi) is 3.25. The van der Waals surface area contributed by atoms with Crippen molar-refractivity contribution in [1.82, 2.24) is 0 Å². The van der Waals surface area contributed by atoms with Crippen molar-refractivity contribution < 1.29 is 18.3 Å². The summed E-state index contributed by atoms with van der Waals surface area (Å²) in [5, 5.41) is 0. The van der Waals surface area contributed by atoms with E-state index in [1.807, 2.05) is 0 Å². The second kappa shape index (κ2) is 4.45. The summed E-state index contributed by atoms with van der Waals surface area (Å²) in [6.07, 6.45) is 1.25. The number of benzene rings is 1. The molecule has 0 aliphatic carbocycles. The third kappa shape index (κ3) is 3.11. The van der Waals surface area contributed by atoms with Crippen molar-refractivity contribution in [2.45, 2.75) is 6.61 Å². The lowest BCUT2D eigenvalue weighted by atomic mass is 10.3. The molecule has 1 aromatic carbocycles. The van der Waals surface area contributed by atoms with Crippen molar-refractivity contribution in [2.24, 2.45) is 0 Å². The van der Waals surface area contributed by atoms with Gasteiger partial charge in [-0.2, -0.15) is 8.78 Å². The first-order chi connectivity index (χ1) is 6.22. The normalized spacial score (nSPS) is 9.77. The lowest BCUT2D eigenvalue weighted by Gasteiger charge is -2.04. The van der Waals surface area contributed by atoms with Gasteiger partial charge in [-0.15, -0.1) is 0 Å². The highest BCUT2D eigenvalue weighted by Gasteiger charge is 2.03. The molecule has 0 bridgehead atoms. The molecule has 0 aromatic heterocycles. The van der Waals surface area contributed by atoms with Crippen LogP contribution in [0.4, 0.5) is 8.78 Å². The fourth-order valence-electron chi connectivity index (χ4n) is 0.796. The lowest BCUT2D eigenvalue weighted by molar-refractivity contribution is -0.0498. The molecule has 2 nitrogen and oxygen atoms in total. The van der Waals surface area contributed by atoms with E-state index in [0.29, 0.717) is 5.75 Å². The van der Waals surface area contributed by atoms with Crippen LogP contribution in [-0.2, 0) is 0 Å². The van der Waals surface area contributed by atoms with Crippen LogP contribution in [0.25, 0.3) is 0 Å². The molecular weight excluding hydrogens is 178 g/mol. The van der Waals surface area contributed by atoms with Crippen molar-refractivity contribution in [3.8, 4) is 11.5 Å². The van der Waals surface area contributed by atoms with Crippen molar-refractivity contribution in [3.63, 3.8) is 0 Å². The van der Waals surface area contributed by atoms with Crippen LogP contribution < -0.4 is 9.47 Å². The second-order valence-electron chi connectivity index (χ2n) is 2.13. The molecule has 0 spiro atoms. The Labute approximate surface area is 74.4 Å². The molecule has 70 valence electrons. The summed E-state index contributed by atoms with van der Waals surface area (Å²) in [5.41, 5.74) is 0. The van der Waals surface area contributed by atoms with Crippen LogP contribution in [0.1, 0.15) is 0 Å². The monoisotopic (exact) mass is 186 g/mol. The smallest absolute Gasteiger partial charge is 0.387 e. The van der Waals surface area contributed by atoms with E-state index in [2.05, 4.69) is 11.3 Å². The van der Waals surface area contributed by atoms with Gasteiger partial charge in [0, 0.05) is 0 Å². The molecular formula is C9H8F2O2. The quantitative estimate of drug-likeness (QED) is 0.673. The molecule has 0 N–H and O–H groups in total. The predicted octanol–water partition coefficient (Wildman–Crippen LogP) is 2.81. The first-order valence-corrected chi connectivity index (χ1v) is 3.55. The van der Waals surface area contributed by atoms with Crippen LogP contribution in [0, 0.1) is 0 Å². The highest BCUT2D eigenvalue weighted by molar-refractivity contribution is 5.31. The van der Waals surface area contributed by atoms with Gasteiger partial charge in [-0.25, -0.2) is 0 Å². The molecule has 0 saturated heterocycles. The lowest BCUT2D eigenvalue weighted by Crippen LogP contribution is -2.01. The Morgan fingerprint density at radius 2 is 1.69 bits per heavy atom. The largest absolute Gasteiger partial charge is 0.466 e. The molecule has 0 unspecified atom stereocenters. The van der Waals surface area contributed by atoms with Crippen LogP contribution in [-0.4, -0.2) is 6.61 Å². The first kappa shape index (κ1) is 9.51. The van der Waals surface area contributed by atoms with Gasteiger partial charge in [-0.1, -0.05) is 6.58 Å². The van der Waals surface area contributed by atoms with Gasteiger partial charge in [0.05, 0.1) is 6.26 Å². The molecule has 0 fully saturated rings. The van der Waals surface area contributed by atoms with Gasteiger partial charge < -0.3 is 9.47 Å². The number of ether oxygens (including phenoxy) is 2. The van der Waals surface area contributed by atoms with Gasteiger partial charge in [0.15, 0.2) is 0 Å². The van der Waals surface area contributed by atoms with Crippen molar-refractivity contribution in [3.05, 3.63) is 37.1 Å². The van der Waals surface area contributed by atoms with Crippen LogP contribution in [0.3, 0.4) is 0 Å². The number of hydrogen-bond donors (Lipinski definition) is 0. The zero-order chi connectivity index (χ0) is 9.68. The van der Waals surface area contributed by atoms with Crippen molar-refractivity contribution >= 4 is 0 Å². The van der Waals surface area contributed by atoms with Gasteiger partial charge in [0.1, 0.15) is 11.5 Å². The summed E-state index contributed by atoms with van der Waals surface area (Å²) < 4.78 is 32.4. The maximum Gasteiger partial charge on any atom is 0.387 e. The van der Waals surface area contributed by atoms with Crippen molar-refractivity contribution in [2.75, 3.05) is 0 Å². The maximum atomic E-state index is 11.7. The molecule has 0 radical (unpaired) electrons. The van der Waals surface area contributed by atoms with E-state index in [1.165, 1.54) is 30.5 Å². The van der Waals surface area contributed by atoms with E-state index in [1.54, 1.807) is 0 Å².